The second-order valence-corrected chi connectivity index (χ2v) is 16.3. The average molecular weight is 601 g/mol. The molecule has 12 atom stereocenters. The largest absolute Gasteiger partial charge is 0.456 e. The number of fused-ring (bicyclic) bond motifs is 5. The van der Waals surface area contributed by atoms with Gasteiger partial charge in [0.25, 0.3) is 0 Å². The van der Waals surface area contributed by atoms with E-state index in [2.05, 4.69) is 69.3 Å². The summed E-state index contributed by atoms with van der Waals surface area (Å²) < 4.78 is 12.3. The topological polar surface area (TPSA) is 96.2 Å². The number of allylic oxidation sites excluding steroid dienone is 3. The van der Waals surface area contributed by atoms with Crippen LogP contribution in [0.25, 0.3) is 0 Å². The fourth-order valence-corrected chi connectivity index (χ4v) is 12.4. The number of aliphatic hydroxyl groups excluding tert-OH is 2. The molecule has 0 aromatic heterocycles. The zero-order valence-corrected chi connectivity index (χ0v) is 26.6. The van der Waals surface area contributed by atoms with Gasteiger partial charge in [-0.3, -0.25) is 0 Å². The molecule has 0 bridgehead atoms. The van der Waals surface area contributed by atoms with Crippen LogP contribution in [0.1, 0.15) is 84.3 Å². The Bertz CT molecular complexity index is 1480. The molecule has 5 fully saturated rings. The van der Waals surface area contributed by atoms with Gasteiger partial charge in [-0.15, -0.1) is 0 Å². The van der Waals surface area contributed by atoms with Gasteiger partial charge in [0.05, 0.1) is 25.4 Å². The first-order valence-electron chi connectivity index (χ1n) is 16.8. The highest BCUT2D eigenvalue weighted by Gasteiger charge is 2.86. The molecule has 3 saturated carbocycles. The Morgan fingerprint density at radius 1 is 1.14 bits per heavy atom. The molecule has 8 rings (SSSR count). The van der Waals surface area contributed by atoms with E-state index >= 15 is 0 Å². The molecular formula is C38H48O6. The van der Waals surface area contributed by atoms with E-state index in [1.54, 1.807) is 13.0 Å². The molecule has 5 aliphatic carbocycles. The number of ether oxygens (including phenoxy) is 2. The Hall–Kier alpha value is -2.25. The van der Waals surface area contributed by atoms with E-state index < -0.39 is 23.8 Å². The molecule has 44 heavy (non-hydrogen) atoms. The van der Waals surface area contributed by atoms with Gasteiger partial charge in [0.2, 0.25) is 0 Å². The molecule has 3 N–H and O–H groups in total. The van der Waals surface area contributed by atoms with Gasteiger partial charge in [-0.25, -0.2) is 4.79 Å². The number of carbonyl (C=O) groups excluding carboxylic acids is 1. The molecule has 1 aromatic rings. The lowest BCUT2D eigenvalue weighted by atomic mass is 9.38. The standard InChI is InChI=1S/C38H48O6/c1-23(20-39)16-26-19-38(42,32(41)44-26)29-12-15-37-21-36(29,37)14-11-28-33(2)13-10-25-17-27(24-8-6-5-7-9-24)43-22-34(25,3)30(33)18-31(40)35(28,37)4/h5-11,14,16,26-31,39-40,42H,12-13,15,17-22H2,1-4H3/b23-16+/t26-,27-,28+,29+,30+,31+,33+,34-,35-,36+,37+,38+/m0/s1. The van der Waals surface area contributed by atoms with E-state index in [0.29, 0.717) is 12.5 Å². The minimum absolute atomic E-state index is 0.0336. The van der Waals surface area contributed by atoms with Gasteiger partial charge in [-0.1, -0.05) is 74.9 Å². The smallest absolute Gasteiger partial charge is 0.339 e. The van der Waals surface area contributed by atoms with E-state index in [9.17, 15) is 20.1 Å². The number of esters is 1. The van der Waals surface area contributed by atoms with Gasteiger partial charge in [0.1, 0.15) is 6.10 Å². The van der Waals surface area contributed by atoms with Gasteiger partial charge in [0, 0.05) is 28.6 Å². The van der Waals surface area contributed by atoms with Crippen LogP contribution in [0.5, 0.6) is 0 Å². The summed E-state index contributed by atoms with van der Waals surface area (Å²) in [5, 5.41) is 33.8. The molecule has 0 radical (unpaired) electrons. The molecule has 2 heterocycles. The summed E-state index contributed by atoms with van der Waals surface area (Å²) in [6, 6.07) is 10.5. The number of cyclic esters (lactones) is 1. The fourth-order valence-electron chi connectivity index (χ4n) is 12.4. The van der Waals surface area contributed by atoms with Crippen molar-refractivity contribution in [3.8, 4) is 0 Å². The van der Waals surface area contributed by atoms with E-state index in [-0.39, 0.29) is 58.0 Å². The van der Waals surface area contributed by atoms with Crippen molar-refractivity contribution in [2.24, 2.45) is 44.8 Å². The zero-order valence-electron chi connectivity index (χ0n) is 26.6. The maximum absolute atomic E-state index is 13.3. The summed E-state index contributed by atoms with van der Waals surface area (Å²) in [5.74, 6) is -0.292. The molecule has 0 amide bonds. The van der Waals surface area contributed by atoms with Crippen LogP contribution < -0.4 is 0 Å². The molecule has 7 aliphatic rings. The highest BCUT2D eigenvalue weighted by Crippen LogP contribution is 2.89. The first-order chi connectivity index (χ1) is 20.9. The molecule has 1 aromatic carbocycles. The summed E-state index contributed by atoms with van der Waals surface area (Å²) in [5.41, 5.74) is 0.930. The number of carbonyl (C=O) groups is 1. The van der Waals surface area contributed by atoms with Gasteiger partial charge < -0.3 is 24.8 Å². The zero-order chi connectivity index (χ0) is 30.9. The predicted molar refractivity (Wildman–Crippen MR) is 166 cm³/mol. The third-order valence-electron chi connectivity index (χ3n) is 14.6. The summed E-state index contributed by atoms with van der Waals surface area (Å²) in [6.07, 6.45) is 13.5. The fraction of sp³-hybridized carbons (Fsp3) is 0.658. The normalized spacial score (nSPS) is 52.2. The van der Waals surface area contributed by atoms with Crippen molar-refractivity contribution < 1.29 is 29.6 Å². The van der Waals surface area contributed by atoms with Gasteiger partial charge in [0.15, 0.2) is 5.60 Å². The van der Waals surface area contributed by atoms with Crippen LogP contribution in [-0.2, 0) is 14.3 Å². The maximum Gasteiger partial charge on any atom is 0.339 e. The predicted octanol–water partition coefficient (Wildman–Crippen LogP) is 5.84. The van der Waals surface area contributed by atoms with Crippen molar-refractivity contribution in [3.63, 3.8) is 0 Å². The van der Waals surface area contributed by atoms with Crippen molar-refractivity contribution in [3.05, 3.63) is 71.3 Å². The monoisotopic (exact) mass is 600 g/mol. The number of hydrogen-bond acceptors (Lipinski definition) is 6. The summed E-state index contributed by atoms with van der Waals surface area (Å²) in [6.45, 7) is 9.53. The lowest BCUT2D eigenvalue weighted by molar-refractivity contribution is -0.200. The van der Waals surface area contributed by atoms with Crippen LogP contribution in [0.4, 0.5) is 0 Å². The van der Waals surface area contributed by atoms with Crippen molar-refractivity contribution in [1.29, 1.82) is 0 Å². The van der Waals surface area contributed by atoms with Crippen molar-refractivity contribution in [2.75, 3.05) is 13.2 Å². The van der Waals surface area contributed by atoms with E-state index in [0.717, 1.165) is 44.1 Å². The second kappa shape index (κ2) is 9.18. The number of benzene rings is 1. The van der Waals surface area contributed by atoms with Crippen LogP contribution in [0, 0.1) is 44.8 Å². The van der Waals surface area contributed by atoms with Crippen molar-refractivity contribution in [1.82, 2.24) is 0 Å². The highest BCUT2D eigenvalue weighted by atomic mass is 16.6. The minimum atomic E-state index is -1.56. The molecule has 2 aliphatic heterocycles. The van der Waals surface area contributed by atoms with Gasteiger partial charge in [-0.05, 0) is 85.3 Å². The van der Waals surface area contributed by atoms with Crippen LogP contribution in [0.2, 0.25) is 0 Å². The number of hydrogen-bond donors (Lipinski definition) is 3. The van der Waals surface area contributed by atoms with E-state index in [4.69, 9.17) is 9.47 Å². The summed E-state index contributed by atoms with van der Waals surface area (Å²) in [7, 11) is 0. The van der Waals surface area contributed by atoms with E-state index in [1.807, 2.05) is 0 Å². The maximum atomic E-state index is 13.3. The number of rotatable bonds is 4. The minimum Gasteiger partial charge on any atom is -0.456 e. The Morgan fingerprint density at radius 2 is 1.91 bits per heavy atom. The molecule has 0 spiro atoms. The Kier molecular flexibility index (Phi) is 6.09. The Morgan fingerprint density at radius 3 is 2.66 bits per heavy atom. The lowest BCUT2D eigenvalue weighted by Gasteiger charge is -2.67. The van der Waals surface area contributed by atoms with Crippen molar-refractivity contribution in [2.45, 2.75) is 96.6 Å². The van der Waals surface area contributed by atoms with Crippen LogP contribution in [0.3, 0.4) is 0 Å². The lowest BCUT2D eigenvalue weighted by Crippen LogP contribution is -2.64. The van der Waals surface area contributed by atoms with Gasteiger partial charge >= 0.3 is 5.97 Å². The summed E-state index contributed by atoms with van der Waals surface area (Å²) >= 11 is 0. The third-order valence-corrected chi connectivity index (χ3v) is 14.6. The van der Waals surface area contributed by atoms with Crippen molar-refractivity contribution >= 4 is 5.97 Å². The van der Waals surface area contributed by atoms with Gasteiger partial charge in [-0.2, -0.15) is 0 Å². The molecule has 6 heteroatoms. The molecule has 0 unspecified atom stereocenters. The molecular weight excluding hydrogens is 552 g/mol. The SMILES string of the molecule is C/C(=C\[C@H]1C[C@@](O)([C@@H]2CC[C@]34C[C@]23C=C[C@@H]2[C@@]3(C)CC=C5C[C@@H](c6ccccc6)OC[C@]5(C)[C@@H]3C[C@@H](O)[C@]24C)C(=O)O1)CO. The first kappa shape index (κ1) is 29.2. The molecule has 2 saturated heterocycles. The summed E-state index contributed by atoms with van der Waals surface area (Å²) in [4.78, 5) is 13.3. The Balaban J connectivity index is 1.13. The van der Waals surface area contributed by atoms with E-state index in [1.165, 1.54) is 11.1 Å². The average Bonchev–Trinajstić information content (AvgIpc) is 3.44. The molecule has 6 nitrogen and oxygen atoms in total. The van der Waals surface area contributed by atoms with Crippen LogP contribution >= 0.6 is 0 Å². The van der Waals surface area contributed by atoms with Crippen LogP contribution in [-0.4, -0.2) is 52.3 Å². The number of aliphatic hydroxyl groups is 3. The second-order valence-electron chi connectivity index (χ2n) is 16.3. The molecule has 236 valence electrons. The Labute approximate surface area is 261 Å². The third kappa shape index (κ3) is 3.39. The quantitative estimate of drug-likeness (QED) is 0.297. The highest BCUT2D eigenvalue weighted by molar-refractivity contribution is 5.83. The first-order valence-corrected chi connectivity index (χ1v) is 16.8. The van der Waals surface area contributed by atoms with Crippen LogP contribution in [0.15, 0.2) is 65.8 Å².